The van der Waals surface area contributed by atoms with Crippen LogP contribution in [0.4, 0.5) is 0 Å². The summed E-state index contributed by atoms with van der Waals surface area (Å²) in [5, 5.41) is 13.3. The molecule has 0 saturated carbocycles. The van der Waals surface area contributed by atoms with Crippen LogP contribution >= 0.6 is 0 Å². The van der Waals surface area contributed by atoms with Gasteiger partial charge in [0.25, 0.3) is 5.91 Å². The van der Waals surface area contributed by atoms with Crippen molar-refractivity contribution in [1.29, 1.82) is 0 Å². The molecule has 0 fully saturated rings. The van der Waals surface area contributed by atoms with Crippen LogP contribution in [0.3, 0.4) is 0 Å². The SMILES string of the molecule is Cc1ccc([C@H](C)NC(=O)c2ccc3n[nH]nc3c2)o1. The molecule has 1 amide bonds. The van der Waals surface area contributed by atoms with Gasteiger partial charge in [-0.2, -0.15) is 15.4 Å². The summed E-state index contributed by atoms with van der Waals surface area (Å²) in [5.74, 6) is 1.39. The lowest BCUT2D eigenvalue weighted by atomic mass is 10.1. The fourth-order valence-electron chi connectivity index (χ4n) is 2.02. The molecule has 2 heterocycles. The van der Waals surface area contributed by atoms with Gasteiger partial charge in [0.15, 0.2) is 0 Å². The Labute approximate surface area is 115 Å². The Morgan fingerprint density at radius 1 is 1.25 bits per heavy atom. The van der Waals surface area contributed by atoms with Gasteiger partial charge in [-0.1, -0.05) is 0 Å². The molecular weight excluding hydrogens is 256 g/mol. The summed E-state index contributed by atoms with van der Waals surface area (Å²) in [6.45, 7) is 3.75. The Morgan fingerprint density at radius 2 is 2.05 bits per heavy atom. The van der Waals surface area contributed by atoms with E-state index in [9.17, 15) is 4.79 Å². The molecule has 1 atom stereocenters. The molecule has 0 bridgehead atoms. The lowest BCUT2D eigenvalue weighted by molar-refractivity contribution is 0.0935. The molecule has 3 aromatic rings. The number of aryl methyl sites for hydroxylation is 1. The lowest BCUT2D eigenvalue weighted by Crippen LogP contribution is -2.26. The largest absolute Gasteiger partial charge is 0.464 e. The van der Waals surface area contributed by atoms with Crippen LogP contribution in [-0.2, 0) is 0 Å². The van der Waals surface area contributed by atoms with Gasteiger partial charge < -0.3 is 9.73 Å². The summed E-state index contributed by atoms with van der Waals surface area (Å²) in [6.07, 6.45) is 0. The normalized spacial score (nSPS) is 12.5. The maximum Gasteiger partial charge on any atom is 0.251 e. The number of carbonyl (C=O) groups excluding carboxylic acids is 1. The average molecular weight is 270 g/mol. The third-order valence-electron chi connectivity index (χ3n) is 3.11. The van der Waals surface area contributed by atoms with Crippen molar-refractivity contribution >= 4 is 16.9 Å². The van der Waals surface area contributed by atoms with Crippen molar-refractivity contribution in [1.82, 2.24) is 20.7 Å². The van der Waals surface area contributed by atoms with Crippen LogP contribution in [0.1, 0.15) is 34.8 Å². The number of hydrogen-bond donors (Lipinski definition) is 2. The highest BCUT2D eigenvalue weighted by atomic mass is 16.3. The van der Waals surface area contributed by atoms with Crippen LogP contribution in [-0.4, -0.2) is 21.3 Å². The van der Waals surface area contributed by atoms with Crippen molar-refractivity contribution in [2.45, 2.75) is 19.9 Å². The monoisotopic (exact) mass is 270 g/mol. The fraction of sp³-hybridized carbons (Fsp3) is 0.214. The van der Waals surface area contributed by atoms with E-state index in [0.717, 1.165) is 17.0 Å². The predicted octanol–water partition coefficient (Wildman–Crippen LogP) is 2.35. The molecule has 2 aromatic heterocycles. The van der Waals surface area contributed by atoms with Crippen LogP contribution in [0.5, 0.6) is 0 Å². The second kappa shape index (κ2) is 4.80. The third-order valence-corrected chi connectivity index (χ3v) is 3.11. The molecule has 102 valence electrons. The van der Waals surface area contributed by atoms with Crippen molar-refractivity contribution in [3.05, 3.63) is 47.4 Å². The number of hydrogen-bond acceptors (Lipinski definition) is 4. The number of furan rings is 1. The Balaban J connectivity index is 1.78. The van der Waals surface area contributed by atoms with Gasteiger partial charge in [-0.15, -0.1) is 0 Å². The van der Waals surface area contributed by atoms with E-state index in [1.807, 2.05) is 26.0 Å². The summed E-state index contributed by atoms with van der Waals surface area (Å²) in [5.41, 5.74) is 1.94. The van der Waals surface area contributed by atoms with E-state index >= 15 is 0 Å². The molecule has 6 heteroatoms. The van der Waals surface area contributed by atoms with Crippen LogP contribution in [0.25, 0.3) is 11.0 Å². The van der Waals surface area contributed by atoms with E-state index < -0.39 is 0 Å². The third kappa shape index (κ3) is 2.27. The van der Waals surface area contributed by atoms with Crippen molar-refractivity contribution in [3.63, 3.8) is 0 Å². The minimum absolute atomic E-state index is 0.170. The van der Waals surface area contributed by atoms with E-state index in [0.29, 0.717) is 11.1 Å². The zero-order valence-corrected chi connectivity index (χ0v) is 11.2. The van der Waals surface area contributed by atoms with E-state index in [1.54, 1.807) is 18.2 Å². The molecule has 0 unspecified atom stereocenters. The van der Waals surface area contributed by atoms with Gasteiger partial charge in [0.2, 0.25) is 0 Å². The van der Waals surface area contributed by atoms with Crippen LogP contribution in [0.2, 0.25) is 0 Å². The molecule has 0 aliphatic carbocycles. The Hall–Kier alpha value is -2.63. The lowest BCUT2D eigenvalue weighted by Gasteiger charge is -2.11. The molecule has 0 spiro atoms. The minimum Gasteiger partial charge on any atom is -0.464 e. The van der Waals surface area contributed by atoms with Gasteiger partial charge in [0, 0.05) is 5.56 Å². The first-order valence-corrected chi connectivity index (χ1v) is 6.31. The standard InChI is InChI=1S/C14H14N4O2/c1-8-3-6-13(20-8)9(2)15-14(19)10-4-5-11-12(7-10)17-18-16-11/h3-7,9H,1-2H3,(H,15,19)(H,16,17,18)/t9-/m0/s1. The summed E-state index contributed by atoms with van der Waals surface area (Å²) >= 11 is 0. The van der Waals surface area contributed by atoms with Gasteiger partial charge in [0.1, 0.15) is 22.6 Å². The zero-order valence-electron chi connectivity index (χ0n) is 11.2. The van der Waals surface area contributed by atoms with Crippen LogP contribution < -0.4 is 5.32 Å². The number of amides is 1. The van der Waals surface area contributed by atoms with Gasteiger partial charge in [-0.05, 0) is 44.2 Å². The van der Waals surface area contributed by atoms with E-state index in [2.05, 4.69) is 20.7 Å². The highest BCUT2D eigenvalue weighted by molar-refractivity contribution is 5.97. The Kier molecular flexibility index (Phi) is 2.98. The highest BCUT2D eigenvalue weighted by Crippen LogP contribution is 2.17. The first-order chi connectivity index (χ1) is 9.63. The first-order valence-electron chi connectivity index (χ1n) is 6.31. The molecule has 0 saturated heterocycles. The van der Waals surface area contributed by atoms with E-state index in [-0.39, 0.29) is 11.9 Å². The number of carbonyl (C=O) groups is 1. The Bertz CT molecular complexity index is 759. The number of aromatic nitrogens is 3. The zero-order chi connectivity index (χ0) is 14.1. The highest BCUT2D eigenvalue weighted by Gasteiger charge is 2.14. The molecule has 0 aliphatic heterocycles. The van der Waals surface area contributed by atoms with Crippen molar-refractivity contribution in [3.8, 4) is 0 Å². The summed E-state index contributed by atoms with van der Waals surface area (Å²) < 4.78 is 5.50. The quantitative estimate of drug-likeness (QED) is 0.765. The summed E-state index contributed by atoms with van der Waals surface area (Å²) in [7, 11) is 0. The fourth-order valence-corrected chi connectivity index (χ4v) is 2.02. The molecular formula is C14H14N4O2. The molecule has 3 rings (SSSR count). The maximum atomic E-state index is 12.2. The molecule has 6 nitrogen and oxygen atoms in total. The first kappa shape index (κ1) is 12.4. The molecule has 1 aromatic carbocycles. The van der Waals surface area contributed by atoms with E-state index in [4.69, 9.17) is 4.42 Å². The number of H-pyrrole nitrogens is 1. The average Bonchev–Trinajstić information content (AvgIpc) is 3.05. The number of rotatable bonds is 3. The van der Waals surface area contributed by atoms with Gasteiger partial charge in [-0.3, -0.25) is 4.79 Å². The van der Waals surface area contributed by atoms with Crippen molar-refractivity contribution in [2.24, 2.45) is 0 Å². The molecule has 0 radical (unpaired) electrons. The minimum atomic E-state index is -0.191. The van der Waals surface area contributed by atoms with Crippen molar-refractivity contribution in [2.75, 3.05) is 0 Å². The van der Waals surface area contributed by atoms with Crippen LogP contribution in [0.15, 0.2) is 34.7 Å². The second-order valence-electron chi connectivity index (χ2n) is 4.67. The molecule has 2 N–H and O–H groups in total. The van der Waals surface area contributed by atoms with Gasteiger partial charge >= 0.3 is 0 Å². The number of nitrogens with one attached hydrogen (secondary N) is 2. The molecule has 20 heavy (non-hydrogen) atoms. The number of benzene rings is 1. The predicted molar refractivity (Wildman–Crippen MR) is 73.2 cm³/mol. The number of nitrogens with zero attached hydrogens (tertiary/aromatic N) is 2. The van der Waals surface area contributed by atoms with Gasteiger partial charge in [-0.25, -0.2) is 0 Å². The van der Waals surface area contributed by atoms with Gasteiger partial charge in [0.05, 0.1) is 6.04 Å². The maximum absolute atomic E-state index is 12.2. The number of fused-ring (bicyclic) bond motifs is 1. The summed E-state index contributed by atoms with van der Waals surface area (Å²) in [6, 6.07) is 8.73. The topological polar surface area (TPSA) is 83.8 Å². The summed E-state index contributed by atoms with van der Waals surface area (Å²) in [4.78, 5) is 12.2. The Morgan fingerprint density at radius 3 is 2.80 bits per heavy atom. The second-order valence-corrected chi connectivity index (χ2v) is 4.67. The van der Waals surface area contributed by atoms with Crippen LogP contribution in [0, 0.1) is 6.92 Å². The van der Waals surface area contributed by atoms with Crippen molar-refractivity contribution < 1.29 is 9.21 Å². The smallest absolute Gasteiger partial charge is 0.251 e. The van der Waals surface area contributed by atoms with E-state index in [1.165, 1.54) is 0 Å². The molecule has 0 aliphatic rings. The number of aromatic amines is 1.